The van der Waals surface area contributed by atoms with Gasteiger partial charge in [0.1, 0.15) is 0 Å². The van der Waals surface area contributed by atoms with Crippen LogP contribution in [-0.2, 0) is 18.4 Å². The van der Waals surface area contributed by atoms with Gasteiger partial charge in [-0.25, -0.2) is 0 Å². The van der Waals surface area contributed by atoms with Crippen molar-refractivity contribution in [3.05, 3.63) is 0 Å². The average molecular weight is 948 g/mol. The van der Waals surface area contributed by atoms with E-state index < -0.39 is 59.3 Å². The molecule has 0 heterocycles. The van der Waals surface area contributed by atoms with E-state index in [1.54, 1.807) is 0 Å². The highest BCUT2D eigenvalue weighted by atomic mass is 29.9. The van der Waals surface area contributed by atoms with Gasteiger partial charge in [0, 0.05) is 6.42 Å². The Morgan fingerprint density at radius 3 is 0.776 bits per heavy atom. The molecule has 0 amide bonds. The van der Waals surface area contributed by atoms with Crippen molar-refractivity contribution in [3.63, 3.8) is 0 Å². The third-order valence-corrected chi connectivity index (χ3v) is 159. The van der Waals surface area contributed by atoms with E-state index in [1.165, 1.54) is 109 Å². The molecule has 0 aromatic carbocycles. The van der Waals surface area contributed by atoms with Crippen LogP contribution in [0.1, 0.15) is 165 Å². The van der Waals surface area contributed by atoms with Crippen LogP contribution in [0.3, 0.4) is 0 Å². The van der Waals surface area contributed by atoms with Gasteiger partial charge in [-0.3, -0.25) is 9.59 Å². The van der Waals surface area contributed by atoms with Crippen LogP contribution >= 0.6 is 0 Å². The van der Waals surface area contributed by atoms with Crippen LogP contribution in [0.4, 0.5) is 0 Å². The largest absolute Gasteiger partial charge is 0.528 e. The standard InChI is InChI=1S/C46H106O4Si8/c1-22-51(23-2,24-3)57(52(25-4,26-5)27-6,53(28-7,29-8)30-9)49-44(47)41-40-43(42-46(19,20)21)45(48)50-58(54(31-10,32-11)33-12,55(34-13,35-14)36-15)56(37-16,38-17)39-18/h43H,22-42H2,1-21H3. The highest BCUT2D eigenvalue weighted by molar-refractivity contribution is 7.89. The summed E-state index contributed by atoms with van der Waals surface area (Å²) < 4.78 is 16.0. The molecule has 0 aromatic rings. The summed E-state index contributed by atoms with van der Waals surface area (Å²) in [4.78, 5) is 31.0. The first-order valence-corrected chi connectivity index (χ1v) is 51.2. The van der Waals surface area contributed by atoms with E-state index in [4.69, 9.17) is 8.85 Å². The van der Waals surface area contributed by atoms with Crippen molar-refractivity contribution in [3.8, 4) is 0 Å². The predicted molar refractivity (Wildman–Crippen MR) is 284 cm³/mol. The lowest BCUT2D eigenvalue weighted by atomic mass is 9.83. The molecule has 12 heteroatoms. The Morgan fingerprint density at radius 2 is 0.586 bits per heavy atom. The molecule has 0 aliphatic carbocycles. The van der Waals surface area contributed by atoms with Gasteiger partial charge in [-0.1, -0.05) is 254 Å². The molecule has 1 unspecified atom stereocenters. The molecule has 0 aromatic heterocycles. The predicted octanol–water partition coefficient (Wildman–Crippen LogP) is 16.3. The van der Waals surface area contributed by atoms with Gasteiger partial charge >= 0.3 is 0 Å². The second kappa shape index (κ2) is 24.7. The number of rotatable bonds is 31. The van der Waals surface area contributed by atoms with E-state index in [2.05, 4.69) is 145 Å². The van der Waals surface area contributed by atoms with Crippen LogP contribution < -0.4 is 0 Å². The van der Waals surface area contributed by atoms with Crippen LogP contribution in [0.15, 0.2) is 0 Å². The average Bonchev–Trinajstić information content (AvgIpc) is 3.23. The van der Waals surface area contributed by atoms with Crippen LogP contribution in [-0.4, -0.2) is 71.2 Å². The van der Waals surface area contributed by atoms with Gasteiger partial charge < -0.3 is 8.85 Å². The van der Waals surface area contributed by atoms with Gasteiger partial charge in [0.25, 0.3) is 11.9 Å². The molecule has 0 saturated heterocycles. The number of hydrogen-bond donors (Lipinski definition) is 0. The van der Waals surface area contributed by atoms with Gasteiger partial charge in [-0.2, -0.15) is 0 Å². The minimum Gasteiger partial charge on any atom is -0.528 e. The zero-order valence-electron chi connectivity index (χ0n) is 43.6. The van der Waals surface area contributed by atoms with Gasteiger partial charge in [0.05, 0.1) is 51.5 Å². The lowest BCUT2D eigenvalue weighted by Gasteiger charge is -2.63. The van der Waals surface area contributed by atoms with Crippen molar-refractivity contribution < 1.29 is 18.4 Å². The molecular weight excluding hydrogens is 841 g/mol. The second-order valence-corrected chi connectivity index (χ2v) is 92.3. The van der Waals surface area contributed by atoms with E-state index in [1.807, 2.05) is 0 Å². The summed E-state index contributed by atoms with van der Waals surface area (Å²) in [6, 6.07) is 22.5. The molecule has 0 N–H and O–H groups in total. The lowest BCUT2D eigenvalue weighted by molar-refractivity contribution is -0.141. The summed E-state index contributed by atoms with van der Waals surface area (Å²) in [5.74, 6) is -0.0709. The molecule has 0 bridgehead atoms. The smallest absolute Gasteiger partial charge is 0.295 e. The highest BCUT2D eigenvalue weighted by Crippen LogP contribution is 2.53. The van der Waals surface area contributed by atoms with Crippen molar-refractivity contribution in [1.29, 1.82) is 0 Å². The minimum atomic E-state index is -2.57. The van der Waals surface area contributed by atoms with E-state index in [0.29, 0.717) is 12.8 Å². The number of hydrogen-bond acceptors (Lipinski definition) is 4. The molecule has 1 atom stereocenters. The molecule has 4 nitrogen and oxygen atoms in total. The lowest BCUT2D eigenvalue weighted by Crippen LogP contribution is -2.90. The molecule has 0 rings (SSSR count). The van der Waals surface area contributed by atoms with E-state index >= 15 is 9.59 Å². The van der Waals surface area contributed by atoms with Crippen LogP contribution in [0, 0.1) is 11.3 Å². The molecule has 0 aliphatic rings. The summed E-state index contributed by atoms with van der Waals surface area (Å²) in [6.45, 7) is 46.7. The van der Waals surface area contributed by atoms with Crippen LogP contribution in [0.25, 0.3) is 0 Å². The van der Waals surface area contributed by atoms with Crippen molar-refractivity contribution in [2.45, 2.75) is 273 Å². The van der Waals surface area contributed by atoms with Crippen molar-refractivity contribution in [2.75, 3.05) is 0 Å². The summed E-state index contributed by atoms with van der Waals surface area (Å²) in [5, 5.41) is 0. The minimum absolute atomic E-state index is 0.0488. The fourth-order valence-corrected chi connectivity index (χ4v) is 213. The van der Waals surface area contributed by atoms with Crippen molar-refractivity contribution in [2.24, 2.45) is 11.3 Å². The van der Waals surface area contributed by atoms with Crippen LogP contribution in [0.5, 0.6) is 0 Å². The number of carbonyl (C=O) groups excluding carboxylic acids is 2. The Morgan fingerprint density at radius 1 is 0.379 bits per heavy atom. The molecular formula is C46H106O4Si8. The summed E-state index contributed by atoms with van der Waals surface area (Å²) in [5.41, 5.74) is -0.0488. The Balaban J connectivity index is 8.15. The SMILES string of the molecule is CC[Si](CC)(CC)[Si](OC(=O)CCC(CC(C)(C)C)C(=O)O[Si]([Si](CC)(CC)CC)([Si](CC)(CC)CC)[Si](CC)(CC)CC)([Si](CC)(CC)CC)[Si](CC)(CC)CC. The first-order valence-electron chi connectivity index (χ1n) is 25.6. The Kier molecular flexibility index (Phi) is 24.9. The monoisotopic (exact) mass is 947 g/mol. The molecule has 58 heavy (non-hydrogen) atoms. The topological polar surface area (TPSA) is 52.6 Å². The van der Waals surface area contributed by atoms with Crippen molar-refractivity contribution in [1.82, 2.24) is 0 Å². The van der Waals surface area contributed by atoms with E-state index in [9.17, 15) is 0 Å². The summed E-state index contributed by atoms with van der Waals surface area (Å²) in [7, 11) is -11.9. The molecule has 0 spiro atoms. The fraction of sp³-hybridized carbons (Fsp3) is 0.957. The Bertz CT molecular complexity index is 1050. The second-order valence-electron chi connectivity index (χ2n) is 20.3. The number of carbonyl (C=O) groups is 2. The maximum absolute atomic E-state index is 15.8. The summed E-state index contributed by atoms with van der Waals surface area (Å²) in [6.07, 6.45) is 1.73. The summed E-state index contributed by atoms with van der Waals surface area (Å²) >= 11 is 0. The normalized spacial score (nSPS) is 14.8. The molecule has 0 saturated carbocycles. The first-order chi connectivity index (χ1) is 27.2. The zero-order chi connectivity index (χ0) is 45.5. The Hall–Kier alpha value is 0.675. The molecule has 0 radical (unpaired) electrons. The van der Waals surface area contributed by atoms with Crippen LogP contribution in [0.2, 0.25) is 109 Å². The fourth-order valence-electron chi connectivity index (χ4n) is 14.8. The van der Waals surface area contributed by atoms with Crippen molar-refractivity contribution >= 4 is 71.2 Å². The molecule has 0 fully saturated rings. The third-order valence-electron chi connectivity index (χ3n) is 19.1. The third kappa shape index (κ3) is 9.98. The highest BCUT2D eigenvalue weighted by Gasteiger charge is 2.76. The Labute approximate surface area is 372 Å². The maximum atomic E-state index is 15.8. The van der Waals surface area contributed by atoms with Gasteiger partial charge in [-0.15, -0.1) is 0 Å². The van der Waals surface area contributed by atoms with Gasteiger partial charge in [0.15, 0.2) is 0 Å². The van der Waals surface area contributed by atoms with Gasteiger partial charge in [0.2, 0.25) is 13.7 Å². The molecule has 346 valence electrons. The van der Waals surface area contributed by atoms with E-state index in [0.717, 1.165) is 6.42 Å². The van der Waals surface area contributed by atoms with Gasteiger partial charge in [-0.05, 0) is 18.3 Å². The van der Waals surface area contributed by atoms with E-state index in [-0.39, 0.29) is 23.3 Å². The zero-order valence-corrected chi connectivity index (χ0v) is 51.6. The first kappa shape index (κ1) is 58.7. The maximum Gasteiger partial charge on any atom is 0.295 e. The quantitative estimate of drug-likeness (QED) is 0.0650. The molecule has 0 aliphatic heterocycles.